The molecule has 1 aliphatic heterocycles. The Hall–Kier alpha value is -1.40. The number of piperazine rings is 1. The lowest BCUT2D eigenvalue weighted by Gasteiger charge is -2.34. The maximum absolute atomic E-state index is 11.4. The first kappa shape index (κ1) is 24.6. The van der Waals surface area contributed by atoms with Gasteiger partial charge in [-0.2, -0.15) is 5.10 Å². The van der Waals surface area contributed by atoms with Crippen LogP contribution in [0.1, 0.15) is 26.3 Å². The van der Waals surface area contributed by atoms with Gasteiger partial charge in [0.25, 0.3) is 0 Å². The van der Waals surface area contributed by atoms with Crippen LogP contribution in [0.3, 0.4) is 0 Å². The number of aromatic nitrogens is 2. The van der Waals surface area contributed by atoms with E-state index >= 15 is 0 Å². The van der Waals surface area contributed by atoms with Gasteiger partial charge in [-0.15, -0.1) is 24.0 Å². The highest BCUT2D eigenvalue weighted by Crippen LogP contribution is 2.19. The highest BCUT2D eigenvalue weighted by molar-refractivity contribution is 14.0. The third kappa shape index (κ3) is 7.55. The van der Waals surface area contributed by atoms with Crippen molar-refractivity contribution in [1.29, 1.82) is 0 Å². The fourth-order valence-electron chi connectivity index (χ4n) is 2.98. The van der Waals surface area contributed by atoms with Crippen LogP contribution in [-0.4, -0.2) is 88.9 Å². The fraction of sp³-hybridized carbons (Fsp3) is 0.722. The van der Waals surface area contributed by atoms with E-state index in [1.165, 1.54) is 0 Å². The molecule has 2 rings (SSSR count). The Balaban J connectivity index is 0.00000392. The first-order valence-electron chi connectivity index (χ1n) is 9.53. The number of hydrogen-bond donors (Lipinski definition) is 3. The van der Waals surface area contributed by atoms with Crippen LogP contribution < -0.4 is 10.6 Å². The van der Waals surface area contributed by atoms with Crippen molar-refractivity contribution in [3.05, 3.63) is 18.0 Å². The molecule has 1 atom stereocenters. The zero-order valence-electron chi connectivity index (χ0n) is 17.3. The summed E-state index contributed by atoms with van der Waals surface area (Å²) in [6, 6.07) is 0. The largest absolute Gasteiger partial charge is 0.383 e. The van der Waals surface area contributed by atoms with Crippen molar-refractivity contribution in [2.24, 2.45) is 12.0 Å². The molecule has 1 amide bonds. The van der Waals surface area contributed by atoms with Crippen LogP contribution in [0, 0.1) is 0 Å². The predicted molar refractivity (Wildman–Crippen MR) is 121 cm³/mol. The lowest BCUT2D eigenvalue weighted by molar-refractivity contribution is -0.130. The fourth-order valence-corrected chi connectivity index (χ4v) is 2.98. The topological polar surface area (TPSA) is 98.0 Å². The molecule has 1 aliphatic rings. The van der Waals surface area contributed by atoms with Crippen molar-refractivity contribution in [1.82, 2.24) is 30.2 Å². The first-order valence-corrected chi connectivity index (χ1v) is 9.53. The molecule has 1 fully saturated rings. The molecule has 9 nitrogen and oxygen atoms in total. The number of rotatable bonds is 7. The molecule has 1 aromatic heterocycles. The molecule has 2 heterocycles. The third-order valence-corrected chi connectivity index (χ3v) is 4.75. The number of aliphatic hydroxyl groups is 1. The minimum absolute atomic E-state index is 0. The Kier molecular flexibility index (Phi) is 10.2. The van der Waals surface area contributed by atoms with Crippen molar-refractivity contribution in [3.63, 3.8) is 0 Å². The monoisotopic (exact) mass is 507 g/mol. The number of nitrogens with zero attached hydrogens (tertiary/aromatic N) is 5. The van der Waals surface area contributed by atoms with Gasteiger partial charge < -0.3 is 20.6 Å². The Morgan fingerprint density at radius 3 is 2.54 bits per heavy atom. The number of carbonyl (C=O) groups excluding carboxylic acids is 1. The van der Waals surface area contributed by atoms with Crippen LogP contribution in [-0.2, 0) is 17.4 Å². The summed E-state index contributed by atoms with van der Waals surface area (Å²) in [6.07, 6.45) is 3.47. The van der Waals surface area contributed by atoms with E-state index in [0.717, 1.165) is 51.4 Å². The van der Waals surface area contributed by atoms with Gasteiger partial charge in [-0.3, -0.25) is 14.4 Å². The summed E-state index contributed by atoms with van der Waals surface area (Å²) in [6.45, 7) is 11.4. The van der Waals surface area contributed by atoms with Crippen LogP contribution >= 0.6 is 24.0 Å². The number of carbonyl (C=O) groups is 1. The average molecular weight is 507 g/mol. The van der Waals surface area contributed by atoms with Gasteiger partial charge in [-0.1, -0.05) is 0 Å². The second kappa shape index (κ2) is 11.6. The van der Waals surface area contributed by atoms with E-state index in [-0.39, 0.29) is 36.4 Å². The maximum Gasteiger partial charge on any atom is 0.219 e. The van der Waals surface area contributed by atoms with E-state index in [0.29, 0.717) is 5.96 Å². The molecule has 0 radical (unpaired) electrons. The van der Waals surface area contributed by atoms with Gasteiger partial charge in [-0.05, 0) is 13.8 Å². The van der Waals surface area contributed by atoms with Crippen molar-refractivity contribution in [2.45, 2.75) is 26.4 Å². The van der Waals surface area contributed by atoms with Crippen LogP contribution in [0.15, 0.2) is 17.4 Å². The van der Waals surface area contributed by atoms with E-state index in [2.05, 4.69) is 25.6 Å². The predicted octanol–water partition coefficient (Wildman–Crippen LogP) is -0.0352. The van der Waals surface area contributed by atoms with E-state index in [4.69, 9.17) is 0 Å². The number of aryl methyl sites for hydroxylation is 1. The minimum atomic E-state index is -1.07. The van der Waals surface area contributed by atoms with Crippen LogP contribution in [0.25, 0.3) is 0 Å². The summed E-state index contributed by atoms with van der Waals surface area (Å²) in [4.78, 5) is 20.1. The highest BCUT2D eigenvalue weighted by Gasteiger charge is 2.24. The van der Waals surface area contributed by atoms with E-state index < -0.39 is 5.60 Å². The molecular formula is C18H34IN7O2. The van der Waals surface area contributed by atoms with Gasteiger partial charge in [-0.25, -0.2) is 4.99 Å². The first-order chi connectivity index (χ1) is 12.8. The van der Waals surface area contributed by atoms with Gasteiger partial charge in [0.1, 0.15) is 5.60 Å². The molecule has 3 N–H and O–H groups in total. The lowest BCUT2D eigenvalue weighted by Crippen LogP contribution is -2.50. The second-order valence-corrected chi connectivity index (χ2v) is 7.15. The number of amides is 1. The minimum Gasteiger partial charge on any atom is -0.383 e. The molecule has 0 bridgehead atoms. The molecule has 1 saturated heterocycles. The molecule has 160 valence electrons. The molecule has 1 unspecified atom stereocenters. The number of halogens is 1. The van der Waals surface area contributed by atoms with Crippen molar-refractivity contribution in [2.75, 3.05) is 52.4 Å². The quantitative estimate of drug-likeness (QED) is 0.273. The van der Waals surface area contributed by atoms with E-state index in [9.17, 15) is 9.90 Å². The second-order valence-electron chi connectivity index (χ2n) is 7.15. The summed E-state index contributed by atoms with van der Waals surface area (Å²) in [5, 5.41) is 21.3. The molecule has 28 heavy (non-hydrogen) atoms. The molecule has 10 heteroatoms. The maximum atomic E-state index is 11.4. The Morgan fingerprint density at radius 1 is 1.32 bits per heavy atom. The number of guanidine groups is 1. The van der Waals surface area contributed by atoms with Gasteiger partial charge in [0.05, 0.1) is 12.7 Å². The Bertz CT molecular complexity index is 640. The van der Waals surface area contributed by atoms with E-state index in [1.54, 1.807) is 30.9 Å². The van der Waals surface area contributed by atoms with Crippen LogP contribution in [0.4, 0.5) is 0 Å². The number of hydrogen-bond acceptors (Lipinski definition) is 5. The highest BCUT2D eigenvalue weighted by atomic mass is 127. The van der Waals surface area contributed by atoms with Crippen molar-refractivity contribution < 1.29 is 9.90 Å². The zero-order chi connectivity index (χ0) is 19.9. The van der Waals surface area contributed by atoms with Gasteiger partial charge in [0.15, 0.2) is 5.96 Å². The zero-order valence-corrected chi connectivity index (χ0v) is 19.6. The molecule has 0 aliphatic carbocycles. The van der Waals surface area contributed by atoms with E-state index in [1.807, 2.05) is 18.9 Å². The third-order valence-electron chi connectivity index (χ3n) is 4.75. The standard InChI is InChI=1S/C18H33N7O2.HI/c1-5-19-17(21-14-18(3,27)16-12-22-23(4)13-16)20-6-7-24-8-10-25(11-9-24)15(2)26;/h12-13,27H,5-11,14H2,1-4H3,(H2,19,20,21);1H. The number of aliphatic imine (C=N–C) groups is 1. The van der Waals surface area contributed by atoms with Crippen molar-refractivity contribution in [3.8, 4) is 0 Å². The Morgan fingerprint density at radius 2 is 2.00 bits per heavy atom. The number of nitrogens with one attached hydrogen (secondary N) is 2. The molecular weight excluding hydrogens is 473 g/mol. The Labute approximate surface area is 184 Å². The molecule has 0 saturated carbocycles. The lowest BCUT2D eigenvalue weighted by atomic mass is 10.0. The van der Waals surface area contributed by atoms with Gasteiger partial charge >= 0.3 is 0 Å². The SMILES string of the molecule is CCNC(=NCC(C)(O)c1cnn(C)c1)NCCN1CCN(C(C)=O)CC1.I. The molecule has 0 aromatic carbocycles. The van der Waals surface area contributed by atoms with Crippen LogP contribution in [0.2, 0.25) is 0 Å². The summed E-state index contributed by atoms with van der Waals surface area (Å²) < 4.78 is 1.67. The normalized spacial score (nSPS) is 17.6. The van der Waals surface area contributed by atoms with Gasteiger partial charge in [0, 0.05) is 71.5 Å². The van der Waals surface area contributed by atoms with Crippen molar-refractivity contribution >= 4 is 35.8 Å². The summed E-state index contributed by atoms with van der Waals surface area (Å²) in [7, 11) is 1.82. The van der Waals surface area contributed by atoms with Gasteiger partial charge in [0.2, 0.25) is 5.91 Å². The summed E-state index contributed by atoms with van der Waals surface area (Å²) in [5.74, 6) is 0.832. The summed E-state index contributed by atoms with van der Waals surface area (Å²) >= 11 is 0. The molecule has 1 aromatic rings. The summed E-state index contributed by atoms with van der Waals surface area (Å²) in [5.41, 5.74) is -0.326. The smallest absolute Gasteiger partial charge is 0.219 e. The van der Waals surface area contributed by atoms with Crippen LogP contribution in [0.5, 0.6) is 0 Å². The average Bonchev–Trinajstić information content (AvgIpc) is 3.07. The molecule has 0 spiro atoms.